The van der Waals surface area contributed by atoms with Crippen LogP contribution in [0.1, 0.15) is 0 Å². The van der Waals surface area contributed by atoms with Crippen LogP contribution in [0.15, 0.2) is 0 Å². The van der Waals surface area contributed by atoms with Crippen molar-refractivity contribution in [2.75, 3.05) is 0 Å². The molecule has 0 aromatic rings. The lowest BCUT2D eigenvalue weighted by atomic mass is 13.4. The first-order valence-corrected chi connectivity index (χ1v) is 0.408. The number of nitrogens with one attached hydrogen (secondary N) is 1. The van der Waals surface area contributed by atoms with Crippen LogP contribution < -0.4 is 5.34 Å². The lowest BCUT2D eigenvalue weighted by molar-refractivity contribution is -0.398. The van der Waals surface area contributed by atoms with Crippen LogP contribution >= 0.6 is 24.8 Å². The highest BCUT2D eigenvalue weighted by molar-refractivity contribution is 5.85. The van der Waals surface area contributed by atoms with Crippen molar-refractivity contribution in [2.24, 2.45) is 0 Å². The number of halogens is 2. The molecule has 0 atom stereocenters. The predicted molar refractivity (Wildman–Crippen MR) is 22.2 cm³/mol. The molecule has 0 radical (unpaired) electrons. The van der Waals surface area contributed by atoms with E-state index in [0.717, 1.165) is 0 Å². The van der Waals surface area contributed by atoms with E-state index in [9.17, 15) is 0 Å². The lowest BCUT2D eigenvalue weighted by Gasteiger charge is -1.36. The second-order valence-corrected chi connectivity index (χ2v) is 0.0833. The molecule has 0 amide bonds. The lowest BCUT2D eigenvalue weighted by Crippen LogP contribution is -2.53. The summed E-state index contributed by atoms with van der Waals surface area (Å²) in [6.07, 6.45) is 0. The van der Waals surface area contributed by atoms with Crippen molar-refractivity contribution in [3.8, 4) is 0 Å². The smallest absolute Gasteiger partial charge is 0.00366 e. The summed E-state index contributed by atoms with van der Waals surface area (Å²) < 4.78 is 0. The Labute approximate surface area is 41.1 Å². The molecule has 0 heterocycles. The third kappa shape index (κ3) is 39000. The first-order chi connectivity index (χ1) is 1.41. The summed E-state index contributed by atoms with van der Waals surface area (Å²) >= 11 is 0. The van der Waals surface area contributed by atoms with Gasteiger partial charge < -0.3 is 0 Å². The SMILES string of the molecule is Cl.Cl.O=[NH+][O-]. The molecule has 5 heteroatoms. The molecule has 34 valence electrons. The highest BCUT2D eigenvalue weighted by Gasteiger charge is 1.10. The largest absolute Gasteiger partial charge is 0.267 e. The first-order valence-electron chi connectivity index (χ1n) is 0.408. The Kier molecular flexibility index (Phi) is 148. The van der Waals surface area contributed by atoms with Crippen molar-refractivity contribution in [2.45, 2.75) is 0 Å². The van der Waals surface area contributed by atoms with Gasteiger partial charge in [-0.2, -0.15) is 0 Å². The average molecular weight is 120 g/mol. The summed E-state index contributed by atoms with van der Waals surface area (Å²) in [7, 11) is 0. The van der Waals surface area contributed by atoms with Gasteiger partial charge in [-0.1, -0.05) is 0 Å². The van der Waals surface area contributed by atoms with E-state index in [1.165, 1.54) is 0 Å². The molecule has 5 heavy (non-hydrogen) atoms. The van der Waals surface area contributed by atoms with E-state index >= 15 is 0 Å². The van der Waals surface area contributed by atoms with Gasteiger partial charge in [0.2, 0.25) is 0 Å². The maximum Gasteiger partial charge on any atom is 0.00366 e. The fourth-order valence-corrected chi connectivity index (χ4v) is 0. The van der Waals surface area contributed by atoms with Gasteiger partial charge in [0.1, 0.15) is 0 Å². The Morgan fingerprint density at radius 1 is 1.40 bits per heavy atom. The minimum atomic E-state index is 0. The molecule has 0 fully saturated rings. The molecular weight excluding hydrogens is 117 g/mol. The molecule has 0 rings (SSSR count). The van der Waals surface area contributed by atoms with Crippen molar-refractivity contribution < 1.29 is 5.34 Å². The van der Waals surface area contributed by atoms with Gasteiger partial charge in [0.15, 0.2) is 0 Å². The summed E-state index contributed by atoms with van der Waals surface area (Å²) in [6.45, 7) is 0. The van der Waals surface area contributed by atoms with Crippen molar-refractivity contribution in [3.05, 3.63) is 10.1 Å². The molecule has 0 saturated heterocycles. The third-order valence-electron chi connectivity index (χ3n) is 0. The van der Waals surface area contributed by atoms with Crippen LogP contribution in [0.3, 0.4) is 0 Å². The van der Waals surface area contributed by atoms with E-state index in [0.29, 0.717) is 0 Å². The number of rotatable bonds is 0. The van der Waals surface area contributed by atoms with Crippen molar-refractivity contribution in [1.29, 1.82) is 0 Å². The Bertz CT molecular complexity index is 15.1. The van der Waals surface area contributed by atoms with Gasteiger partial charge in [-0.05, 0) is 0 Å². The monoisotopic (exact) mass is 119 g/mol. The van der Waals surface area contributed by atoms with E-state index < -0.39 is 0 Å². The summed E-state index contributed by atoms with van der Waals surface area (Å²) in [5.74, 6) is 0. The Morgan fingerprint density at radius 2 is 1.40 bits per heavy atom. The minimum absolute atomic E-state index is 0. The highest BCUT2D eigenvalue weighted by atomic mass is 35.5. The van der Waals surface area contributed by atoms with Crippen molar-refractivity contribution >= 4 is 24.8 Å². The quantitative estimate of drug-likeness (QED) is 0.335. The molecule has 1 N–H and O–H groups in total. The van der Waals surface area contributed by atoms with Crippen LogP contribution in [0, 0.1) is 10.1 Å². The Hall–Kier alpha value is -0.0200. The fourth-order valence-electron chi connectivity index (χ4n) is 0. The van der Waals surface area contributed by atoms with Crippen molar-refractivity contribution in [3.63, 3.8) is 0 Å². The van der Waals surface area contributed by atoms with Gasteiger partial charge in [0, 0.05) is 5.34 Å². The standard InChI is InChI=1S/2ClH.HNO2/c;;2-1-3/h2*1H;1H. The topological polar surface area (TPSA) is 54.1 Å². The molecule has 0 spiro atoms. The zero-order chi connectivity index (χ0) is 2.71. The number of hydrogen-bond donors (Lipinski definition) is 1. The summed E-state index contributed by atoms with van der Waals surface area (Å²) in [5.41, 5.74) is 0. The van der Waals surface area contributed by atoms with E-state index in [1.54, 1.807) is 0 Å². The molecular formula is H3Cl2NO2. The molecule has 3 nitrogen and oxygen atoms in total. The zero-order valence-electron chi connectivity index (χ0n) is 2.13. The van der Waals surface area contributed by atoms with E-state index in [2.05, 4.69) is 0 Å². The number of hydrogen-bond acceptors (Lipinski definition) is 2. The Balaban J connectivity index is -0.0000000200. The Morgan fingerprint density at radius 3 is 1.40 bits per heavy atom. The molecule has 0 saturated carbocycles. The second kappa shape index (κ2) is 36.8. The molecule has 0 aliphatic carbocycles. The van der Waals surface area contributed by atoms with E-state index in [1.807, 2.05) is 0 Å². The predicted octanol–water partition coefficient (Wildman–Crippen LogP) is -0.825. The van der Waals surface area contributed by atoms with Crippen LogP contribution in [-0.4, -0.2) is 0 Å². The van der Waals surface area contributed by atoms with Crippen LogP contribution in [-0.2, 0) is 0 Å². The van der Waals surface area contributed by atoms with Crippen LogP contribution in [0.5, 0.6) is 0 Å². The second-order valence-electron chi connectivity index (χ2n) is 0.0833. The molecule has 0 unspecified atom stereocenters. The van der Waals surface area contributed by atoms with Gasteiger partial charge in [-0.15, -0.1) is 24.8 Å². The highest BCUT2D eigenvalue weighted by Crippen LogP contribution is 0.691. The molecule has 0 aliphatic rings. The van der Waals surface area contributed by atoms with E-state index in [4.69, 9.17) is 10.1 Å². The van der Waals surface area contributed by atoms with Crippen molar-refractivity contribution in [1.82, 2.24) is 0 Å². The summed E-state index contributed by atoms with van der Waals surface area (Å²) in [4.78, 5) is 8.12. The maximum absolute atomic E-state index is 8.12. The minimum Gasteiger partial charge on any atom is -0.267 e. The van der Waals surface area contributed by atoms with Gasteiger partial charge in [0.25, 0.3) is 0 Å². The van der Waals surface area contributed by atoms with Crippen LogP contribution in [0.2, 0.25) is 0 Å². The van der Waals surface area contributed by atoms with Crippen LogP contribution in [0.4, 0.5) is 0 Å². The molecule has 0 aromatic carbocycles. The van der Waals surface area contributed by atoms with Gasteiger partial charge in [-0.25, -0.2) is 0 Å². The molecule has 0 bridgehead atoms. The average Bonchev–Trinajstić information content (AvgIpc) is 0.918. The normalized spacial score (nSPS) is 2.40. The van der Waals surface area contributed by atoms with Gasteiger partial charge in [-0.3, -0.25) is 10.1 Å². The maximum atomic E-state index is 8.12. The van der Waals surface area contributed by atoms with Gasteiger partial charge >= 0.3 is 0 Å². The summed E-state index contributed by atoms with van der Waals surface area (Å²) in [5, 5.41) is 8.38. The molecule has 0 aromatic heterocycles. The van der Waals surface area contributed by atoms with Crippen LogP contribution in [0.25, 0.3) is 0 Å². The third-order valence-corrected chi connectivity index (χ3v) is 0. The van der Waals surface area contributed by atoms with E-state index in [-0.39, 0.29) is 30.2 Å². The van der Waals surface area contributed by atoms with Gasteiger partial charge in [0.05, 0.1) is 0 Å². The fraction of sp³-hybridized carbons (Fsp3) is 0. The first kappa shape index (κ1) is 20.1. The zero-order valence-corrected chi connectivity index (χ0v) is 3.77. The molecule has 0 aliphatic heterocycles. The summed E-state index contributed by atoms with van der Waals surface area (Å²) in [6, 6.07) is 0.